The first-order chi connectivity index (χ1) is 2.39. The lowest BCUT2D eigenvalue weighted by Crippen LogP contribution is -2.47. The molecular formula is C3H7N2. The van der Waals surface area contributed by atoms with Crippen LogP contribution in [-0.2, 0) is 0 Å². The Bertz CT molecular complexity index is 31.9. The number of hydrogen-bond acceptors (Lipinski definition) is 1. The first-order valence-corrected chi connectivity index (χ1v) is 1.81. The molecule has 5 heavy (non-hydrogen) atoms. The quantitative estimate of drug-likeness (QED) is 0.400. The smallest absolute Gasteiger partial charge is 0.0462 e. The Kier molecular flexibility index (Phi) is 0.596. The van der Waals surface area contributed by atoms with Crippen LogP contribution in [0.25, 0.3) is 0 Å². The summed E-state index contributed by atoms with van der Waals surface area (Å²) < 4.78 is 0. The first kappa shape index (κ1) is 3.12. The van der Waals surface area contributed by atoms with Crippen molar-refractivity contribution in [3.8, 4) is 0 Å². The Morgan fingerprint density at radius 1 is 1.60 bits per heavy atom. The Morgan fingerprint density at radius 2 is 2.00 bits per heavy atom. The minimum atomic E-state index is 0.204. The molecule has 1 heterocycles. The summed E-state index contributed by atoms with van der Waals surface area (Å²) in [6, 6.07) is 0.204. The monoisotopic (exact) mass is 71.1 g/mol. The van der Waals surface area contributed by atoms with E-state index in [-0.39, 0.29) is 6.04 Å². The zero-order valence-corrected chi connectivity index (χ0v) is 2.99. The highest BCUT2D eigenvalue weighted by Crippen LogP contribution is 1.83. The molecule has 0 spiro atoms. The largest absolute Gasteiger partial charge is 0.313 e. The van der Waals surface area contributed by atoms with Crippen LogP contribution in [0.15, 0.2) is 0 Å². The minimum Gasteiger partial charge on any atom is -0.313 e. The molecule has 0 aliphatic carbocycles. The van der Waals surface area contributed by atoms with Gasteiger partial charge in [-0.2, -0.15) is 0 Å². The van der Waals surface area contributed by atoms with Gasteiger partial charge in [-0.15, -0.1) is 0 Å². The van der Waals surface area contributed by atoms with E-state index in [9.17, 15) is 0 Å². The van der Waals surface area contributed by atoms with Gasteiger partial charge in [0.1, 0.15) is 0 Å². The van der Waals surface area contributed by atoms with E-state index < -0.39 is 0 Å². The summed E-state index contributed by atoms with van der Waals surface area (Å²) >= 11 is 0. The predicted molar refractivity (Wildman–Crippen MR) is 19.8 cm³/mol. The van der Waals surface area contributed by atoms with Crippen molar-refractivity contribution in [3.63, 3.8) is 0 Å². The third kappa shape index (κ3) is 0.412. The summed E-state index contributed by atoms with van der Waals surface area (Å²) in [6.45, 7) is 1.81. The highest BCUT2D eigenvalue weighted by molar-refractivity contribution is 4.75. The molecule has 0 atom stereocenters. The van der Waals surface area contributed by atoms with Crippen LogP contribution in [-0.4, -0.2) is 19.1 Å². The van der Waals surface area contributed by atoms with Crippen LogP contribution in [0.5, 0.6) is 0 Å². The number of rotatable bonds is 0. The predicted octanol–water partition coefficient (Wildman–Crippen LogP) is -0.759. The average molecular weight is 71.1 g/mol. The summed E-state index contributed by atoms with van der Waals surface area (Å²) in [4.78, 5) is 0. The van der Waals surface area contributed by atoms with Crippen LogP contribution in [0.1, 0.15) is 0 Å². The Labute approximate surface area is 31.4 Å². The van der Waals surface area contributed by atoms with Gasteiger partial charge in [-0.05, 0) is 0 Å². The van der Waals surface area contributed by atoms with Crippen LogP contribution < -0.4 is 11.1 Å². The molecule has 0 saturated carbocycles. The van der Waals surface area contributed by atoms with Crippen molar-refractivity contribution in [2.75, 3.05) is 13.1 Å². The van der Waals surface area contributed by atoms with Crippen LogP contribution in [0, 0.1) is 0 Å². The van der Waals surface area contributed by atoms with E-state index in [0.717, 1.165) is 13.1 Å². The van der Waals surface area contributed by atoms with E-state index in [0.29, 0.717) is 0 Å². The third-order valence-corrected chi connectivity index (χ3v) is 0.781. The number of nitrogens with one attached hydrogen (secondary N) is 2. The summed E-state index contributed by atoms with van der Waals surface area (Å²) in [5.41, 5.74) is 6.85. The fraction of sp³-hybridized carbons (Fsp3) is 1.00. The lowest BCUT2D eigenvalue weighted by atomic mass is 10.2. The summed E-state index contributed by atoms with van der Waals surface area (Å²) in [5, 5.41) is 2.97. The van der Waals surface area contributed by atoms with Crippen LogP contribution in [0.2, 0.25) is 0 Å². The first-order valence-electron chi connectivity index (χ1n) is 1.81. The molecule has 1 radical (unpaired) electrons. The second-order valence-corrected chi connectivity index (χ2v) is 1.36. The second kappa shape index (κ2) is 0.954. The molecule has 0 unspecified atom stereocenters. The molecule has 0 bridgehead atoms. The van der Waals surface area contributed by atoms with Crippen molar-refractivity contribution < 1.29 is 0 Å². The standard InChI is InChI=1S/C3H7N2/c4-3-1-5-2-3/h3-5H,1-2H2. The molecule has 29 valence electrons. The highest BCUT2D eigenvalue weighted by atomic mass is 15.0. The van der Waals surface area contributed by atoms with Gasteiger partial charge in [-0.1, -0.05) is 0 Å². The van der Waals surface area contributed by atoms with Gasteiger partial charge in [0.15, 0.2) is 0 Å². The molecule has 2 N–H and O–H groups in total. The minimum absolute atomic E-state index is 0.204. The van der Waals surface area contributed by atoms with Gasteiger partial charge in [-0.25, -0.2) is 0 Å². The molecule has 2 nitrogen and oxygen atoms in total. The fourth-order valence-electron chi connectivity index (χ4n) is 0.289. The van der Waals surface area contributed by atoms with E-state index in [1.54, 1.807) is 0 Å². The maximum absolute atomic E-state index is 6.85. The maximum Gasteiger partial charge on any atom is 0.0462 e. The number of hydrogen-bond donors (Lipinski definition) is 1. The molecule has 0 amide bonds. The molecule has 2 heteroatoms. The van der Waals surface area contributed by atoms with E-state index in [1.165, 1.54) is 0 Å². The van der Waals surface area contributed by atoms with E-state index in [2.05, 4.69) is 5.32 Å². The Hall–Kier alpha value is -0.0800. The molecule has 1 aliphatic heterocycles. The van der Waals surface area contributed by atoms with Crippen molar-refractivity contribution >= 4 is 0 Å². The summed E-state index contributed by atoms with van der Waals surface area (Å²) in [7, 11) is 0. The molecule has 0 aromatic rings. The van der Waals surface area contributed by atoms with Crippen molar-refractivity contribution in [1.29, 1.82) is 0 Å². The van der Waals surface area contributed by atoms with E-state index in [1.807, 2.05) is 0 Å². The third-order valence-electron chi connectivity index (χ3n) is 0.781. The van der Waals surface area contributed by atoms with E-state index in [4.69, 9.17) is 5.73 Å². The van der Waals surface area contributed by atoms with Crippen LogP contribution >= 0.6 is 0 Å². The van der Waals surface area contributed by atoms with Gasteiger partial charge < -0.3 is 5.32 Å². The van der Waals surface area contributed by atoms with Crippen molar-refractivity contribution in [1.82, 2.24) is 11.1 Å². The zero-order valence-electron chi connectivity index (χ0n) is 2.99. The van der Waals surface area contributed by atoms with Gasteiger partial charge in [-0.3, -0.25) is 5.73 Å². The highest BCUT2D eigenvalue weighted by Gasteiger charge is 2.09. The average Bonchev–Trinajstić information content (AvgIpc) is 1.30. The summed E-state index contributed by atoms with van der Waals surface area (Å²) in [5.74, 6) is 0. The second-order valence-electron chi connectivity index (χ2n) is 1.36. The molecular weight excluding hydrogens is 64.0 g/mol. The normalized spacial score (nSPS) is 25.8. The van der Waals surface area contributed by atoms with Crippen LogP contribution in [0.3, 0.4) is 0 Å². The van der Waals surface area contributed by atoms with Gasteiger partial charge in [0, 0.05) is 19.1 Å². The van der Waals surface area contributed by atoms with Gasteiger partial charge in [0.05, 0.1) is 0 Å². The van der Waals surface area contributed by atoms with Crippen LogP contribution in [0.4, 0.5) is 0 Å². The molecule has 1 saturated heterocycles. The van der Waals surface area contributed by atoms with Crippen molar-refractivity contribution in [3.05, 3.63) is 0 Å². The summed E-state index contributed by atoms with van der Waals surface area (Å²) in [6.07, 6.45) is 0. The van der Waals surface area contributed by atoms with Gasteiger partial charge >= 0.3 is 0 Å². The van der Waals surface area contributed by atoms with Gasteiger partial charge in [0.25, 0.3) is 0 Å². The topological polar surface area (TPSA) is 35.8 Å². The molecule has 0 aromatic carbocycles. The lowest BCUT2D eigenvalue weighted by Gasteiger charge is -2.20. The maximum atomic E-state index is 6.85. The molecule has 1 rings (SSSR count). The van der Waals surface area contributed by atoms with Crippen molar-refractivity contribution in [2.45, 2.75) is 6.04 Å². The Balaban J connectivity index is 2.08. The zero-order chi connectivity index (χ0) is 3.70. The fourth-order valence-corrected chi connectivity index (χ4v) is 0.289. The molecule has 1 aliphatic rings. The SMILES string of the molecule is [NH]C1CNC1. The van der Waals surface area contributed by atoms with E-state index >= 15 is 0 Å². The molecule has 1 fully saturated rings. The molecule has 0 aromatic heterocycles. The van der Waals surface area contributed by atoms with Crippen molar-refractivity contribution in [2.24, 2.45) is 0 Å². The van der Waals surface area contributed by atoms with Gasteiger partial charge in [0.2, 0.25) is 0 Å². The lowest BCUT2D eigenvalue weighted by molar-refractivity contribution is 0.435. The Morgan fingerprint density at radius 3 is 2.00 bits per heavy atom.